The summed E-state index contributed by atoms with van der Waals surface area (Å²) in [7, 11) is -5.59. The van der Waals surface area contributed by atoms with E-state index in [0.717, 1.165) is 0 Å². The lowest BCUT2D eigenvalue weighted by Gasteiger charge is -2.08. The first-order chi connectivity index (χ1) is 7.63. The van der Waals surface area contributed by atoms with E-state index >= 15 is 0 Å². The average molecular weight is 309 g/mol. The number of hydrogen-bond acceptors (Lipinski definition) is 3. The van der Waals surface area contributed by atoms with Gasteiger partial charge in [-0.05, 0) is 17.7 Å². The molecule has 1 rings (SSSR count). The second-order valence-corrected chi connectivity index (χ2v) is 5.33. The van der Waals surface area contributed by atoms with Gasteiger partial charge in [0.1, 0.15) is 0 Å². The van der Waals surface area contributed by atoms with E-state index in [9.17, 15) is 21.6 Å². The van der Waals surface area contributed by atoms with Crippen LogP contribution in [0, 0.1) is 0 Å². The van der Waals surface area contributed by atoms with Crippen molar-refractivity contribution in [3.05, 3.63) is 33.8 Å². The van der Waals surface area contributed by atoms with E-state index in [1.54, 1.807) is 0 Å². The SMILES string of the molecule is O=S(=O)(OCc1ccc(Cl)c(Cl)c1)C(F)(F)F. The highest BCUT2D eigenvalue weighted by Gasteiger charge is 2.47. The lowest BCUT2D eigenvalue weighted by Crippen LogP contribution is -2.25. The number of rotatable bonds is 3. The fourth-order valence-electron chi connectivity index (χ4n) is 0.842. The first-order valence-corrected chi connectivity index (χ1v) is 6.19. The molecule has 1 aromatic rings. The van der Waals surface area contributed by atoms with Crippen molar-refractivity contribution in [1.82, 2.24) is 0 Å². The van der Waals surface area contributed by atoms with Crippen LogP contribution < -0.4 is 0 Å². The van der Waals surface area contributed by atoms with Crippen LogP contribution in [0.5, 0.6) is 0 Å². The molecule has 0 bridgehead atoms. The van der Waals surface area contributed by atoms with Crippen LogP contribution in [-0.4, -0.2) is 13.9 Å². The molecule has 0 aliphatic carbocycles. The smallest absolute Gasteiger partial charge is 0.258 e. The van der Waals surface area contributed by atoms with Crippen LogP contribution in [0.2, 0.25) is 10.0 Å². The molecule has 0 unspecified atom stereocenters. The Labute approximate surface area is 105 Å². The average Bonchev–Trinajstić information content (AvgIpc) is 2.18. The predicted octanol–water partition coefficient (Wildman–Crippen LogP) is 3.36. The van der Waals surface area contributed by atoms with Gasteiger partial charge in [-0.15, -0.1) is 0 Å². The summed E-state index contributed by atoms with van der Waals surface area (Å²) in [4.78, 5) is 0. The van der Waals surface area contributed by atoms with Gasteiger partial charge in [-0.25, -0.2) is 0 Å². The third-order valence-corrected chi connectivity index (χ3v) is 3.38. The Balaban J connectivity index is 2.78. The van der Waals surface area contributed by atoms with Gasteiger partial charge in [-0.2, -0.15) is 21.6 Å². The highest BCUT2D eigenvalue weighted by atomic mass is 35.5. The molecule has 0 N–H and O–H groups in total. The Hall–Kier alpha value is -0.500. The maximum atomic E-state index is 11.9. The van der Waals surface area contributed by atoms with Crippen LogP contribution in [0.25, 0.3) is 0 Å². The van der Waals surface area contributed by atoms with Gasteiger partial charge >= 0.3 is 15.6 Å². The van der Waals surface area contributed by atoms with Gasteiger partial charge in [0.25, 0.3) is 0 Å². The summed E-state index contributed by atoms with van der Waals surface area (Å²) >= 11 is 11.2. The van der Waals surface area contributed by atoms with Crippen LogP contribution in [0.1, 0.15) is 5.56 Å². The molecule has 0 saturated heterocycles. The highest BCUT2D eigenvalue weighted by Crippen LogP contribution is 2.27. The van der Waals surface area contributed by atoms with E-state index in [-0.39, 0.29) is 15.6 Å². The quantitative estimate of drug-likeness (QED) is 0.635. The van der Waals surface area contributed by atoms with E-state index in [2.05, 4.69) is 4.18 Å². The van der Waals surface area contributed by atoms with Gasteiger partial charge in [-0.3, -0.25) is 4.18 Å². The van der Waals surface area contributed by atoms with Crippen LogP contribution in [0.3, 0.4) is 0 Å². The molecule has 0 saturated carbocycles. The second kappa shape index (κ2) is 5.01. The lowest BCUT2D eigenvalue weighted by molar-refractivity contribution is -0.0547. The van der Waals surface area contributed by atoms with Crippen molar-refractivity contribution in [2.45, 2.75) is 12.1 Å². The minimum atomic E-state index is -5.59. The first-order valence-electron chi connectivity index (χ1n) is 4.03. The van der Waals surface area contributed by atoms with Gasteiger partial charge in [0, 0.05) is 0 Å². The number of halogens is 5. The molecule has 0 heterocycles. The van der Waals surface area contributed by atoms with Gasteiger partial charge in [-0.1, -0.05) is 29.3 Å². The van der Waals surface area contributed by atoms with Crippen molar-refractivity contribution in [2.75, 3.05) is 0 Å². The second-order valence-electron chi connectivity index (χ2n) is 2.91. The van der Waals surface area contributed by atoms with Crippen molar-refractivity contribution < 1.29 is 25.8 Å². The highest BCUT2D eigenvalue weighted by molar-refractivity contribution is 7.87. The van der Waals surface area contributed by atoms with Crippen molar-refractivity contribution >= 4 is 33.3 Å². The van der Waals surface area contributed by atoms with E-state index in [1.807, 2.05) is 0 Å². The number of hydrogen-bond donors (Lipinski definition) is 0. The predicted molar refractivity (Wildman–Crippen MR) is 56.2 cm³/mol. The third-order valence-electron chi connectivity index (χ3n) is 1.65. The fraction of sp³-hybridized carbons (Fsp3) is 0.250. The Morgan fingerprint density at radius 1 is 1.18 bits per heavy atom. The molecule has 0 aliphatic heterocycles. The summed E-state index contributed by atoms with van der Waals surface area (Å²) in [6.45, 7) is -0.765. The van der Waals surface area contributed by atoms with Gasteiger partial charge in [0.2, 0.25) is 0 Å². The Morgan fingerprint density at radius 2 is 1.76 bits per heavy atom. The maximum absolute atomic E-state index is 11.9. The summed E-state index contributed by atoms with van der Waals surface area (Å²) in [6, 6.07) is 3.85. The topological polar surface area (TPSA) is 43.4 Å². The molecule has 3 nitrogen and oxygen atoms in total. The standard InChI is InChI=1S/C8H5Cl2F3O3S/c9-6-2-1-5(3-7(6)10)4-16-17(14,15)8(11,12)13/h1-3H,4H2. The lowest BCUT2D eigenvalue weighted by atomic mass is 10.2. The fourth-order valence-corrected chi connectivity index (χ4v) is 1.59. The normalized spacial score (nSPS) is 12.8. The molecule has 0 atom stereocenters. The zero-order chi connectivity index (χ0) is 13.3. The van der Waals surface area contributed by atoms with E-state index in [0.29, 0.717) is 0 Å². The summed E-state index contributed by atoms with van der Waals surface area (Å²) in [5, 5.41) is 0.297. The van der Waals surface area contributed by atoms with Crippen LogP contribution >= 0.6 is 23.2 Å². The summed E-state index contributed by atoms with van der Waals surface area (Å²) in [5.74, 6) is 0. The molecule has 0 radical (unpaired) electrons. The van der Waals surface area contributed by atoms with Crippen molar-refractivity contribution in [3.8, 4) is 0 Å². The molecule has 1 aromatic carbocycles. The molecule has 0 spiro atoms. The molecule has 17 heavy (non-hydrogen) atoms. The minimum Gasteiger partial charge on any atom is -0.258 e. The van der Waals surface area contributed by atoms with Crippen molar-refractivity contribution in [3.63, 3.8) is 0 Å². The van der Waals surface area contributed by atoms with Gasteiger partial charge in [0.05, 0.1) is 16.7 Å². The van der Waals surface area contributed by atoms with Crippen LogP contribution in [-0.2, 0) is 20.9 Å². The molecule has 0 fully saturated rings. The summed E-state index contributed by atoms with van der Waals surface area (Å²) in [5.41, 5.74) is -5.28. The number of alkyl halides is 3. The van der Waals surface area contributed by atoms with Crippen molar-refractivity contribution in [1.29, 1.82) is 0 Å². The summed E-state index contributed by atoms with van der Waals surface area (Å²) < 4.78 is 60.7. The van der Waals surface area contributed by atoms with E-state index in [4.69, 9.17) is 23.2 Å². The molecule has 0 amide bonds. The van der Waals surface area contributed by atoms with E-state index < -0.39 is 22.2 Å². The molecular formula is C8H5Cl2F3O3S. The molecule has 0 aliphatic rings. The summed E-state index contributed by atoms with van der Waals surface area (Å²) in [6.07, 6.45) is 0. The van der Waals surface area contributed by atoms with Gasteiger partial charge < -0.3 is 0 Å². The first kappa shape index (κ1) is 14.6. The Morgan fingerprint density at radius 3 is 2.24 bits per heavy atom. The number of benzene rings is 1. The molecule has 96 valence electrons. The Kier molecular flexibility index (Phi) is 4.29. The zero-order valence-electron chi connectivity index (χ0n) is 7.96. The third kappa shape index (κ3) is 3.74. The van der Waals surface area contributed by atoms with Crippen LogP contribution in [0.15, 0.2) is 18.2 Å². The van der Waals surface area contributed by atoms with E-state index in [1.165, 1.54) is 18.2 Å². The largest absolute Gasteiger partial charge is 0.523 e. The van der Waals surface area contributed by atoms with Crippen molar-refractivity contribution in [2.24, 2.45) is 0 Å². The molecule has 0 aromatic heterocycles. The minimum absolute atomic E-state index is 0.0946. The monoisotopic (exact) mass is 308 g/mol. The van der Waals surface area contributed by atoms with Gasteiger partial charge in [0.15, 0.2) is 0 Å². The Bertz CT molecular complexity index is 513. The zero-order valence-corrected chi connectivity index (χ0v) is 10.3. The maximum Gasteiger partial charge on any atom is 0.523 e. The molecular weight excluding hydrogens is 304 g/mol. The van der Waals surface area contributed by atoms with Crippen LogP contribution in [0.4, 0.5) is 13.2 Å². The molecule has 9 heteroatoms.